The highest BCUT2D eigenvalue weighted by Crippen LogP contribution is 2.36. The summed E-state index contributed by atoms with van der Waals surface area (Å²) in [4.78, 5) is 20.6. The standard InChI is InChI=1S/C25H35N3O3S3/c1-34(30,31)21-11-9-20(10-12-21)22(17-19-7-3-4-8-19)24(29)27-25-26-18-23(33-25)32-16-15-28-13-5-2-6-14-28/h9-12,18-19,22H,2-8,13-17H2,1H3,(H,26,27,29). The van der Waals surface area contributed by atoms with Gasteiger partial charge in [-0.1, -0.05) is 55.6 Å². The lowest BCUT2D eigenvalue weighted by Crippen LogP contribution is -2.31. The molecule has 1 saturated carbocycles. The van der Waals surface area contributed by atoms with Gasteiger partial charge >= 0.3 is 0 Å². The number of hydrogen-bond donors (Lipinski definition) is 1. The zero-order valence-corrected chi connectivity index (χ0v) is 22.3. The van der Waals surface area contributed by atoms with Crippen LogP contribution in [0.15, 0.2) is 39.6 Å². The van der Waals surface area contributed by atoms with Crippen molar-refractivity contribution >= 4 is 44.0 Å². The number of anilines is 1. The molecule has 1 saturated heterocycles. The molecule has 34 heavy (non-hydrogen) atoms. The monoisotopic (exact) mass is 521 g/mol. The molecule has 1 amide bonds. The Morgan fingerprint density at radius 1 is 1.15 bits per heavy atom. The van der Waals surface area contributed by atoms with E-state index in [1.165, 1.54) is 62.8 Å². The summed E-state index contributed by atoms with van der Waals surface area (Å²) in [5.74, 6) is 1.20. The molecule has 1 aliphatic heterocycles. The van der Waals surface area contributed by atoms with Crippen molar-refractivity contribution in [3.8, 4) is 0 Å². The number of sulfone groups is 1. The molecule has 0 spiro atoms. The number of nitrogens with one attached hydrogen (secondary N) is 1. The minimum absolute atomic E-state index is 0.0572. The normalized spacial score (nSPS) is 18.7. The third-order valence-electron chi connectivity index (χ3n) is 6.89. The highest BCUT2D eigenvalue weighted by Gasteiger charge is 2.27. The van der Waals surface area contributed by atoms with Crippen LogP contribution in [0.5, 0.6) is 0 Å². The molecule has 2 heterocycles. The molecule has 0 bridgehead atoms. The van der Waals surface area contributed by atoms with Gasteiger partial charge in [0.05, 0.1) is 21.2 Å². The van der Waals surface area contributed by atoms with E-state index in [4.69, 9.17) is 0 Å². The average molecular weight is 522 g/mol. The summed E-state index contributed by atoms with van der Waals surface area (Å²) >= 11 is 3.33. The van der Waals surface area contributed by atoms with Gasteiger partial charge in [-0.25, -0.2) is 13.4 Å². The fraction of sp³-hybridized carbons (Fsp3) is 0.600. The second-order valence-electron chi connectivity index (χ2n) is 9.50. The number of amides is 1. The van der Waals surface area contributed by atoms with E-state index >= 15 is 0 Å². The van der Waals surface area contributed by atoms with Crippen LogP contribution in [-0.2, 0) is 14.6 Å². The van der Waals surface area contributed by atoms with Gasteiger partial charge in [0, 0.05) is 18.6 Å². The van der Waals surface area contributed by atoms with Crippen LogP contribution in [0.1, 0.15) is 62.8 Å². The molecule has 2 aliphatic rings. The van der Waals surface area contributed by atoms with Crippen LogP contribution in [-0.4, -0.2) is 55.9 Å². The Hall–Kier alpha value is -1.42. The van der Waals surface area contributed by atoms with E-state index in [-0.39, 0.29) is 16.7 Å². The van der Waals surface area contributed by atoms with Gasteiger partial charge < -0.3 is 10.2 Å². The largest absolute Gasteiger partial charge is 0.303 e. The van der Waals surface area contributed by atoms with E-state index in [1.807, 2.05) is 6.20 Å². The number of likely N-dealkylation sites (tertiary alicyclic amines) is 1. The maximum Gasteiger partial charge on any atom is 0.233 e. The van der Waals surface area contributed by atoms with Gasteiger partial charge in [0.1, 0.15) is 0 Å². The molecule has 1 N–H and O–H groups in total. The predicted octanol–water partition coefficient (Wildman–Crippen LogP) is 5.43. The second-order valence-corrected chi connectivity index (χ2v) is 13.9. The van der Waals surface area contributed by atoms with Crippen molar-refractivity contribution in [3.63, 3.8) is 0 Å². The number of aromatic nitrogens is 1. The summed E-state index contributed by atoms with van der Waals surface area (Å²) in [5.41, 5.74) is 0.865. The third kappa shape index (κ3) is 7.29. The number of benzene rings is 1. The van der Waals surface area contributed by atoms with Crippen molar-refractivity contribution in [2.75, 3.05) is 37.0 Å². The highest BCUT2D eigenvalue weighted by atomic mass is 32.2. The first kappa shape index (κ1) is 25.7. The van der Waals surface area contributed by atoms with Gasteiger partial charge in [-0.3, -0.25) is 4.79 Å². The van der Waals surface area contributed by atoms with Crippen LogP contribution in [0.3, 0.4) is 0 Å². The number of nitrogens with zero attached hydrogens (tertiary/aromatic N) is 2. The summed E-state index contributed by atoms with van der Waals surface area (Å²) in [5, 5.41) is 3.68. The molecule has 0 radical (unpaired) electrons. The maximum atomic E-state index is 13.3. The Balaban J connectivity index is 1.38. The van der Waals surface area contributed by atoms with Gasteiger partial charge in [-0.2, -0.15) is 0 Å². The zero-order valence-electron chi connectivity index (χ0n) is 19.9. The number of carbonyl (C=O) groups excluding carboxylic acids is 1. The summed E-state index contributed by atoms with van der Waals surface area (Å²) in [6.45, 7) is 3.51. The molecule has 2 fully saturated rings. The first-order valence-corrected chi connectivity index (χ1v) is 16.0. The molecule has 6 nitrogen and oxygen atoms in total. The van der Waals surface area contributed by atoms with E-state index < -0.39 is 9.84 Å². The van der Waals surface area contributed by atoms with Crippen LogP contribution in [0.4, 0.5) is 5.13 Å². The zero-order chi connectivity index (χ0) is 24.0. The third-order valence-corrected chi connectivity index (χ3v) is 10.1. The van der Waals surface area contributed by atoms with E-state index in [9.17, 15) is 13.2 Å². The first-order valence-electron chi connectivity index (χ1n) is 12.3. The number of piperidine rings is 1. The van der Waals surface area contributed by atoms with Crippen LogP contribution < -0.4 is 5.32 Å². The lowest BCUT2D eigenvalue weighted by Gasteiger charge is -2.25. The minimum Gasteiger partial charge on any atom is -0.303 e. The minimum atomic E-state index is -3.26. The first-order chi connectivity index (χ1) is 16.4. The number of thioether (sulfide) groups is 1. The fourth-order valence-electron chi connectivity index (χ4n) is 4.96. The Kier molecular flexibility index (Phi) is 9.07. The molecule has 1 aliphatic carbocycles. The second kappa shape index (κ2) is 12.0. The van der Waals surface area contributed by atoms with Crippen LogP contribution in [0.2, 0.25) is 0 Å². The van der Waals surface area contributed by atoms with Gasteiger partial charge in [0.2, 0.25) is 5.91 Å². The molecule has 9 heteroatoms. The molecule has 1 aromatic carbocycles. The molecule has 2 aromatic rings. The lowest BCUT2D eigenvalue weighted by atomic mass is 9.87. The summed E-state index contributed by atoms with van der Waals surface area (Å²) in [6, 6.07) is 6.80. The predicted molar refractivity (Wildman–Crippen MR) is 141 cm³/mol. The number of thiazole rings is 1. The topological polar surface area (TPSA) is 79.4 Å². The molecule has 1 unspecified atom stereocenters. The van der Waals surface area contributed by atoms with Crippen molar-refractivity contribution in [1.82, 2.24) is 9.88 Å². The lowest BCUT2D eigenvalue weighted by molar-refractivity contribution is -0.118. The van der Waals surface area contributed by atoms with E-state index in [0.717, 1.165) is 41.3 Å². The average Bonchev–Trinajstić information content (AvgIpc) is 3.50. The highest BCUT2D eigenvalue weighted by molar-refractivity contribution is 8.01. The number of rotatable bonds is 10. The smallest absolute Gasteiger partial charge is 0.233 e. The van der Waals surface area contributed by atoms with Crippen LogP contribution in [0.25, 0.3) is 0 Å². The molecular weight excluding hydrogens is 486 g/mol. The van der Waals surface area contributed by atoms with Crippen molar-refractivity contribution in [3.05, 3.63) is 36.0 Å². The molecular formula is C25H35N3O3S3. The Morgan fingerprint density at radius 2 is 1.85 bits per heavy atom. The van der Waals surface area contributed by atoms with Crippen molar-refractivity contribution < 1.29 is 13.2 Å². The SMILES string of the molecule is CS(=O)(=O)c1ccc(C(CC2CCCC2)C(=O)Nc2ncc(SCCN3CCCCC3)s2)cc1. The van der Waals surface area contributed by atoms with E-state index in [2.05, 4.69) is 15.2 Å². The quantitative estimate of drug-likeness (QED) is 0.420. The molecule has 1 atom stereocenters. The number of hydrogen-bond acceptors (Lipinski definition) is 7. The Labute approximate surface area is 211 Å². The van der Waals surface area contributed by atoms with E-state index in [0.29, 0.717) is 11.0 Å². The summed E-state index contributed by atoms with van der Waals surface area (Å²) < 4.78 is 24.8. The van der Waals surface area contributed by atoms with Gasteiger partial charge in [-0.05, 0) is 56.0 Å². The van der Waals surface area contributed by atoms with Crippen molar-refractivity contribution in [2.24, 2.45) is 5.92 Å². The molecule has 4 rings (SSSR count). The van der Waals surface area contributed by atoms with Crippen LogP contribution >= 0.6 is 23.1 Å². The van der Waals surface area contributed by atoms with Crippen LogP contribution in [0, 0.1) is 5.92 Å². The summed E-state index contributed by atoms with van der Waals surface area (Å²) in [7, 11) is -3.26. The maximum absolute atomic E-state index is 13.3. The van der Waals surface area contributed by atoms with E-state index in [1.54, 1.807) is 36.0 Å². The summed E-state index contributed by atoms with van der Waals surface area (Å²) in [6.07, 6.45) is 12.6. The Bertz CT molecular complexity index is 1040. The van der Waals surface area contributed by atoms with Crippen molar-refractivity contribution in [1.29, 1.82) is 0 Å². The van der Waals surface area contributed by atoms with Gasteiger partial charge in [0.15, 0.2) is 15.0 Å². The van der Waals surface area contributed by atoms with Gasteiger partial charge in [-0.15, -0.1) is 11.8 Å². The number of carbonyl (C=O) groups is 1. The van der Waals surface area contributed by atoms with Crippen molar-refractivity contribution in [2.45, 2.75) is 66.4 Å². The molecule has 1 aromatic heterocycles. The Morgan fingerprint density at radius 3 is 2.53 bits per heavy atom. The fourth-order valence-corrected chi connectivity index (χ4v) is 7.54. The molecule has 186 valence electrons. The van der Waals surface area contributed by atoms with Gasteiger partial charge in [0.25, 0.3) is 0 Å².